The Morgan fingerprint density at radius 1 is 1.43 bits per heavy atom. The van der Waals surface area contributed by atoms with Crippen LogP contribution >= 0.6 is 22.6 Å². The molecular weight excluding hydrogens is 295 g/mol. The Bertz CT molecular complexity index is 321. The molecule has 0 radical (unpaired) electrons. The first-order valence-corrected chi connectivity index (χ1v) is 5.19. The summed E-state index contributed by atoms with van der Waals surface area (Å²) in [7, 11) is 0. The standard InChI is InChI=1S/C10H11IO3/c1-10(11,9(13)14)8(12)7-5-3-2-4-6-7/h2-6,8,12H,1H3,(H,13,14)/t8-,10-/m0/s1. The van der Waals surface area contributed by atoms with Gasteiger partial charge in [0, 0.05) is 0 Å². The van der Waals surface area contributed by atoms with Gasteiger partial charge in [-0.25, -0.2) is 0 Å². The van der Waals surface area contributed by atoms with E-state index in [9.17, 15) is 9.90 Å². The second-order valence-electron chi connectivity index (χ2n) is 3.19. The summed E-state index contributed by atoms with van der Waals surface area (Å²) in [6.45, 7) is 1.49. The molecule has 0 heterocycles. The summed E-state index contributed by atoms with van der Waals surface area (Å²) in [5.74, 6) is -1.02. The number of aliphatic hydroxyl groups excluding tert-OH is 1. The van der Waals surface area contributed by atoms with Gasteiger partial charge in [0.1, 0.15) is 9.53 Å². The van der Waals surface area contributed by atoms with Crippen molar-refractivity contribution in [2.45, 2.75) is 16.4 Å². The van der Waals surface area contributed by atoms with Crippen LogP contribution in [-0.4, -0.2) is 19.6 Å². The number of carboxylic acid groups (broad SMARTS) is 1. The smallest absolute Gasteiger partial charge is 0.322 e. The van der Waals surface area contributed by atoms with Gasteiger partial charge in [0.15, 0.2) is 0 Å². The molecule has 0 bridgehead atoms. The number of alkyl halides is 1. The zero-order valence-electron chi connectivity index (χ0n) is 7.64. The number of benzene rings is 1. The first kappa shape index (κ1) is 11.5. The van der Waals surface area contributed by atoms with Crippen molar-refractivity contribution >= 4 is 28.6 Å². The van der Waals surface area contributed by atoms with E-state index in [0.717, 1.165) is 0 Å². The molecule has 0 saturated carbocycles. The van der Waals surface area contributed by atoms with Gasteiger partial charge in [0.05, 0.1) is 0 Å². The van der Waals surface area contributed by atoms with Gasteiger partial charge in [0.2, 0.25) is 0 Å². The predicted octanol–water partition coefficient (Wildman–Crippen LogP) is 2.00. The molecule has 2 atom stereocenters. The molecule has 0 aliphatic heterocycles. The van der Waals surface area contributed by atoms with Crippen LogP contribution in [0.5, 0.6) is 0 Å². The van der Waals surface area contributed by atoms with Crippen molar-refractivity contribution in [2.24, 2.45) is 0 Å². The molecule has 0 spiro atoms. The number of hydrogen-bond donors (Lipinski definition) is 2. The summed E-state index contributed by atoms with van der Waals surface area (Å²) in [6.07, 6.45) is -0.998. The van der Waals surface area contributed by atoms with E-state index in [2.05, 4.69) is 0 Å². The van der Waals surface area contributed by atoms with Crippen molar-refractivity contribution in [3.8, 4) is 0 Å². The SMILES string of the molecule is C[C@@](I)(C(=O)O)[C@@H](O)c1ccccc1. The molecule has 14 heavy (non-hydrogen) atoms. The number of aliphatic hydroxyl groups is 1. The lowest BCUT2D eigenvalue weighted by Crippen LogP contribution is -2.35. The molecule has 0 amide bonds. The maximum atomic E-state index is 10.9. The Morgan fingerprint density at radius 2 is 1.93 bits per heavy atom. The topological polar surface area (TPSA) is 57.5 Å². The summed E-state index contributed by atoms with van der Waals surface area (Å²) in [5.41, 5.74) is 0.617. The summed E-state index contributed by atoms with van der Waals surface area (Å²) in [6, 6.07) is 8.79. The van der Waals surface area contributed by atoms with Crippen LogP contribution in [0.15, 0.2) is 30.3 Å². The highest BCUT2D eigenvalue weighted by Crippen LogP contribution is 2.33. The first-order chi connectivity index (χ1) is 6.46. The molecule has 1 rings (SSSR count). The van der Waals surface area contributed by atoms with E-state index in [-0.39, 0.29) is 0 Å². The van der Waals surface area contributed by atoms with Gasteiger partial charge in [-0.15, -0.1) is 0 Å². The third kappa shape index (κ3) is 2.24. The van der Waals surface area contributed by atoms with Gasteiger partial charge in [-0.05, 0) is 12.5 Å². The number of halogens is 1. The normalized spacial score (nSPS) is 17.1. The van der Waals surface area contributed by atoms with E-state index in [4.69, 9.17) is 5.11 Å². The van der Waals surface area contributed by atoms with Crippen LogP contribution in [0.4, 0.5) is 0 Å². The van der Waals surface area contributed by atoms with Crippen molar-refractivity contribution in [3.05, 3.63) is 35.9 Å². The number of carboxylic acids is 1. The van der Waals surface area contributed by atoms with Crippen LogP contribution in [0.25, 0.3) is 0 Å². The zero-order valence-corrected chi connectivity index (χ0v) is 9.80. The molecule has 0 unspecified atom stereocenters. The zero-order chi connectivity index (χ0) is 10.8. The number of aliphatic carboxylic acids is 1. The Hall–Kier alpha value is -0.620. The van der Waals surface area contributed by atoms with E-state index < -0.39 is 15.5 Å². The third-order valence-corrected chi connectivity index (χ3v) is 3.10. The van der Waals surface area contributed by atoms with Crippen LogP contribution in [0.1, 0.15) is 18.6 Å². The minimum Gasteiger partial charge on any atom is -0.480 e. The molecule has 4 heteroatoms. The van der Waals surface area contributed by atoms with Crippen molar-refractivity contribution in [1.29, 1.82) is 0 Å². The molecule has 1 aromatic rings. The first-order valence-electron chi connectivity index (χ1n) is 4.11. The van der Waals surface area contributed by atoms with Crippen molar-refractivity contribution in [1.82, 2.24) is 0 Å². The highest BCUT2D eigenvalue weighted by atomic mass is 127. The highest BCUT2D eigenvalue weighted by molar-refractivity contribution is 14.1. The minimum absolute atomic E-state index is 0.617. The van der Waals surface area contributed by atoms with Crippen LogP contribution in [-0.2, 0) is 4.79 Å². The largest absolute Gasteiger partial charge is 0.480 e. The molecule has 0 aromatic heterocycles. The van der Waals surface area contributed by atoms with Gasteiger partial charge in [-0.1, -0.05) is 52.9 Å². The van der Waals surface area contributed by atoms with Gasteiger partial charge in [-0.2, -0.15) is 0 Å². The third-order valence-electron chi connectivity index (χ3n) is 2.05. The van der Waals surface area contributed by atoms with E-state index in [1.54, 1.807) is 46.9 Å². The lowest BCUT2D eigenvalue weighted by atomic mass is 9.98. The Kier molecular flexibility index (Phi) is 3.49. The second kappa shape index (κ2) is 4.27. The average molecular weight is 306 g/mol. The van der Waals surface area contributed by atoms with Crippen LogP contribution in [0.2, 0.25) is 0 Å². The number of hydrogen-bond acceptors (Lipinski definition) is 2. The molecule has 0 saturated heterocycles. The Labute approximate surface area is 95.9 Å². The van der Waals surface area contributed by atoms with Gasteiger partial charge in [0.25, 0.3) is 0 Å². The fourth-order valence-electron chi connectivity index (χ4n) is 1.07. The van der Waals surface area contributed by atoms with Crippen molar-refractivity contribution in [3.63, 3.8) is 0 Å². The summed E-state index contributed by atoms with van der Waals surface area (Å²) < 4.78 is -1.20. The fourth-order valence-corrected chi connectivity index (χ4v) is 1.42. The average Bonchev–Trinajstić information content (AvgIpc) is 2.17. The molecule has 0 aliphatic rings. The molecule has 1 aromatic carbocycles. The maximum Gasteiger partial charge on any atom is 0.322 e. The van der Waals surface area contributed by atoms with E-state index in [0.29, 0.717) is 5.56 Å². The maximum absolute atomic E-state index is 10.9. The molecular formula is C10H11IO3. The molecule has 0 fully saturated rings. The molecule has 76 valence electrons. The van der Waals surface area contributed by atoms with Gasteiger partial charge in [-0.3, -0.25) is 4.79 Å². The number of carbonyl (C=O) groups is 1. The monoisotopic (exact) mass is 306 g/mol. The van der Waals surface area contributed by atoms with Gasteiger partial charge < -0.3 is 10.2 Å². The van der Waals surface area contributed by atoms with E-state index >= 15 is 0 Å². The van der Waals surface area contributed by atoms with Gasteiger partial charge >= 0.3 is 5.97 Å². The molecule has 3 nitrogen and oxygen atoms in total. The lowest BCUT2D eigenvalue weighted by molar-refractivity contribution is -0.141. The van der Waals surface area contributed by atoms with Crippen molar-refractivity contribution in [2.75, 3.05) is 0 Å². The van der Waals surface area contributed by atoms with Crippen molar-refractivity contribution < 1.29 is 15.0 Å². The second-order valence-corrected chi connectivity index (χ2v) is 5.43. The highest BCUT2D eigenvalue weighted by Gasteiger charge is 2.38. The van der Waals surface area contributed by atoms with Crippen LogP contribution in [0.3, 0.4) is 0 Å². The Morgan fingerprint density at radius 3 is 2.36 bits per heavy atom. The van der Waals surface area contributed by atoms with E-state index in [1.165, 1.54) is 6.92 Å². The Balaban J connectivity index is 2.96. The lowest BCUT2D eigenvalue weighted by Gasteiger charge is -2.24. The molecule has 0 aliphatic carbocycles. The summed E-state index contributed by atoms with van der Waals surface area (Å²) in [4.78, 5) is 10.9. The fraction of sp³-hybridized carbons (Fsp3) is 0.300. The van der Waals surface area contributed by atoms with E-state index in [1.807, 2.05) is 6.07 Å². The number of rotatable bonds is 3. The predicted molar refractivity (Wildman–Crippen MR) is 61.5 cm³/mol. The summed E-state index contributed by atoms with van der Waals surface area (Å²) >= 11 is 1.75. The summed E-state index contributed by atoms with van der Waals surface area (Å²) in [5, 5.41) is 18.7. The van der Waals surface area contributed by atoms with Crippen LogP contribution < -0.4 is 0 Å². The quantitative estimate of drug-likeness (QED) is 0.663. The molecule has 2 N–H and O–H groups in total. The minimum atomic E-state index is -1.20. The van der Waals surface area contributed by atoms with Crippen LogP contribution in [0, 0.1) is 0 Å².